The number of nitrogens with zero attached hydrogens (tertiary/aromatic N) is 1. The summed E-state index contributed by atoms with van der Waals surface area (Å²) in [5, 5.41) is 21.1. The predicted octanol–water partition coefficient (Wildman–Crippen LogP) is 4.28. The summed E-state index contributed by atoms with van der Waals surface area (Å²) < 4.78 is 0. The Morgan fingerprint density at radius 3 is 2.42 bits per heavy atom. The molecule has 0 aliphatic heterocycles. The molecule has 0 saturated heterocycles. The second-order valence-corrected chi connectivity index (χ2v) is 8.10. The van der Waals surface area contributed by atoms with Crippen LogP contribution in [0.2, 0.25) is 0 Å². The zero-order chi connectivity index (χ0) is 14.3. The fraction of sp³-hybridized carbons (Fsp3) is 0.941. The van der Waals surface area contributed by atoms with E-state index in [1.54, 1.807) is 0 Å². The second-order valence-electron chi connectivity index (χ2n) is 8.10. The minimum absolute atomic E-state index is 0.153. The van der Waals surface area contributed by atoms with Crippen molar-refractivity contribution in [2.75, 3.05) is 0 Å². The van der Waals surface area contributed by atoms with Gasteiger partial charge in [-0.05, 0) is 55.8 Å². The Labute approximate surface area is 118 Å². The molecular weight excluding hydrogens is 234 g/mol. The van der Waals surface area contributed by atoms with Crippen LogP contribution in [-0.2, 0) is 0 Å². The SMILES string of the molecule is CCC1CCC(C#N)(C2(O)CC(C)CC(C)(C)C2)C1. The monoisotopic (exact) mass is 263 g/mol. The minimum Gasteiger partial charge on any atom is -0.388 e. The Morgan fingerprint density at radius 2 is 1.95 bits per heavy atom. The normalized spacial score (nSPS) is 45.9. The zero-order valence-electron chi connectivity index (χ0n) is 13.0. The highest BCUT2D eigenvalue weighted by Gasteiger charge is 2.57. The lowest BCUT2D eigenvalue weighted by atomic mass is 9.56. The van der Waals surface area contributed by atoms with Crippen LogP contribution in [0.1, 0.15) is 72.6 Å². The maximum Gasteiger partial charge on any atom is 0.0863 e. The van der Waals surface area contributed by atoms with E-state index in [0.717, 1.165) is 44.9 Å². The van der Waals surface area contributed by atoms with E-state index in [0.29, 0.717) is 11.8 Å². The number of rotatable bonds is 2. The van der Waals surface area contributed by atoms with Crippen LogP contribution in [0.15, 0.2) is 0 Å². The Balaban J connectivity index is 2.29. The Kier molecular flexibility index (Phi) is 3.73. The van der Waals surface area contributed by atoms with Gasteiger partial charge in [0.1, 0.15) is 0 Å². The lowest BCUT2D eigenvalue weighted by molar-refractivity contribution is -0.125. The van der Waals surface area contributed by atoms with Crippen LogP contribution < -0.4 is 0 Å². The van der Waals surface area contributed by atoms with E-state index >= 15 is 0 Å². The second kappa shape index (κ2) is 4.77. The van der Waals surface area contributed by atoms with Crippen LogP contribution in [0, 0.1) is 34.0 Å². The van der Waals surface area contributed by atoms with E-state index in [1.165, 1.54) is 0 Å². The topological polar surface area (TPSA) is 44.0 Å². The molecule has 0 bridgehead atoms. The van der Waals surface area contributed by atoms with Gasteiger partial charge in [-0.3, -0.25) is 0 Å². The van der Waals surface area contributed by atoms with Crippen molar-refractivity contribution in [2.24, 2.45) is 22.7 Å². The lowest BCUT2D eigenvalue weighted by Gasteiger charge is -2.51. The molecule has 0 aromatic rings. The molecule has 0 heterocycles. The smallest absolute Gasteiger partial charge is 0.0863 e. The number of hydrogen-bond acceptors (Lipinski definition) is 2. The highest BCUT2D eigenvalue weighted by Crippen LogP contribution is 2.58. The zero-order valence-corrected chi connectivity index (χ0v) is 13.0. The summed E-state index contributed by atoms with van der Waals surface area (Å²) in [4.78, 5) is 0. The van der Waals surface area contributed by atoms with Gasteiger partial charge in [0.25, 0.3) is 0 Å². The van der Waals surface area contributed by atoms with Crippen molar-refractivity contribution in [3.8, 4) is 6.07 Å². The molecule has 2 aliphatic rings. The van der Waals surface area contributed by atoms with Gasteiger partial charge in [0.2, 0.25) is 0 Å². The fourth-order valence-electron chi connectivity index (χ4n) is 5.02. The molecule has 2 aliphatic carbocycles. The maximum atomic E-state index is 11.3. The average Bonchev–Trinajstić information content (AvgIpc) is 2.70. The van der Waals surface area contributed by atoms with Crippen LogP contribution in [0.3, 0.4) is 0 Å². The van der Waals surface area contributed by atoms with E-state index in [-0.39, 0.29) is 5.41 Å². The quantitative estimate of drug-likeness (QED) is 0.808. The molecular formula is C17H29NO. The third-order valence-corrected chi connectivity index (χ3v) is 5.66. The van der Waals surface area contributed by atoms with Gasteiger partial charge >= 0.3 is 0 Å². The van der Waals surface area contributed by atoms with Crippen molar-refractivity contribution in [1.82, 2.24) is 0 Å². The van der Waals surface area contributed by atoms with Crippen molar-refractivity contribution in [2.45, 2.75) is 78.2 Å². The van der Waals surface area contributed by atoms with Crippen LogP contribution >= 0.6 is 0 Å². The van der Waals surface area contributed by atoms with Gasteiger partial charge < -0.3 is 5.11 Å². The van der Waals surface area contributed by atoms with Gasteiger partial charge in [0, 0.05) is 0 Å². The Morgan fingerprint density at radius 1 is 1.26 bits per heavy atom. The molecule has 4 unspecified atom stereocenters. The largest absolute Gasteiger partial charge is 0.388 e. The molecule has 1 N–H and O–H groups in total. The van der Waals surface area contributed by atoms with E-state index in [4.69, 9.17) is 0 Å². The fourth-order valence-corrected chi connectivity index (χ4v) is 5.02. The first-order chi connectivity index (χ1) is 8.76. The molecule has 0 aromatic carbocycles. The summed E-state index contributed by atoms with van der Waals surface area (Å²) in [5.74, 6) is 1.14. The Hall–Kier alpha value is -0.550. The van der Waals surface area contributed by atoms with Gasteiger partial charge in [-0.1, -0.05) is 34.1 Å². The number of nitriles is 1. The van der Waals surface area contributed by atoms with Gasteiger partial charge in [-0.2, -0.15) is 5.26 Å². The molecule has 0 amide bonds. The van der Waals surface area contributed by atoms with Crippen LogP contribution in [-0.4, -0.2) is 10.7 Å². The van der Waals surface area contributed by atoms with Gasteiger partial charge in [0.05, 0.1) is 17.1 Å². The molecule has 2 heteroatoms. The van der Waals surface area contributed by atoms with E-state index in [9.17, 15) is 10.4 Å². The van der Waals surface area contributed by atoms with Crippen molar-refractivity contribution in [3.63, 3.8) is 0 Å². The van der Waals surface area contributed by atoms with Crippen molar-refractivity contribution in [3.05, 3.63) is 0 Å². The van der Waals surface area contributed by atoms with Gasteiger partial charge in [0.15, 0.2) is 0 Å². The van der Waals surface area contributed by atoms with Crippen LogP contribution in [0.25, 0.3) is 0 Å². The van der Waals surface area contributed by atoms with Crippen molar-refractivity contribution in [1.29, 1.82) is 5.26 Å². The molecule has 2 fully saturated rings. The third-order valence-electron chi connectivity index (χ3n) is 5.66. The first-order valence-corrected chi connectivity index (χ1v) is 7.89. The standard InChI is InChI=1S/C17H29NO/c1-5-14-6-7-16(10-14,12-18)17(19)9-13(2)8-15(3,4)11-17/h13-14,19H,5-11H2,1-4H3. The first kappa shape index (κ1) is 14.9. The van der Waals surface area contributed by atoms with Gasteiger partial charge in [-0.25, -0.2) is 0 Å². The van der Waals surface area contributed by atoms with E-state index < -0.39 is 11.0 Å². The summed E-state index contributed by atoms with van der Waals surface area (Å²) in [6.07, 6.45) is 6.79. The molecule has 4 atom stereocenters. The summed E-state index contributed by atoms with van der Waals surface area (Å²) in [6, 6.07) is 2.56. The maximum absolute atomic E-state index is 11.3. The minimum atomic E-state index is -0.771. The molecule has 0 aromatic heterocycles. The molecule has 2 saturated carbocycles. The van der Waals surface area contributed by atoms with Crippen LogP contribution in [0.4, 0.5) is 0 Å². The molecule has 108 valence electrons. The number of hydrogen-bond donors (Lipinski definition) is 1. The molecule has 0 spiro atoms. The van der Waals surface area contributed by atoms with Crippen molar-refractivity contribution < 1.29 is 5.11 Å². The Bertz CT molecular complexity index is 383. The van der Waals surface area contributed by atoms with E-state index in [1.807, 2.05) is 0 Å². The molecule has 2 nitrogen and oxygen atoms in total. The van der Waals surface area contributed by atoms with Crippen LogP contribution in [0.5, 0.6) is 0 Å². The summed E-state index contributed by atoms with van der Waals surface area (Å²) in [6.45, 7) is 8.91. The summed E-state index contributed by atoms with van der Waals surface area (Å²) >= 11 is 0. The highest BCUT2D eigenvalue weighted by atomic mass is 16.3. The summed E-state index contributed by atoms with van der Waals surface area (Å²) in [5.41, 5.74) is -1.10. The molecule has 0 radical (unpaired) electrons. The third kappa shape index (κ3) is 2.55. The average molecular weight is 263 g/mol. The molecule has 19 heavy (non-hydrogen) atoms. The predicted molar refractivity (Wildman–Crippen MR) is 77.4 cm³/mol. The van der Waals surface area contributed by atoms with E-state index in [2.05, 4.69) is 33.8 Å². The lowest BCUT2D eigenvalue weighted by Crippen LogP contribution is -2.53. The van der Waals surface area contributed by atoms with Gasteiger partial charge in [-0.15, -0.1) is 0 Å². The number of aliphatic hydroxyl groups is 1. The highest BCUT2D eigenvalue weighted by molar-refractivity contribution is 5.17. The first-order valence-electron chi connectivity index (χ1n) is 7.89. The van der Waals surface area contributed by atoms with Crippen molar-refractivity contribution >= 4 is 0 Å². The summed E-state index contributed by atoms with van der Waals surface area (Å²) in [7, 11) is 0. The molecule has 2 rings (SSSR count).